The second-order valence-corrected chi connectivity index (χ2v) is 12.0. The first kappa shape index (κ1) is 31.0. The highest BCUT2D eigenvalue weighted by Gasteiger charge is 2.36. The standard InChI is InChI=1S/C29H34FN3O8S/c1-29(2,3)41-28(38)31-20-12-21-14-40-22-9-17(8-19(30)11-22)18-10-24(42-16-18)26(35)32-23(27(36)37)15-39-7-5-4-6-25(34)33(21)13-20/h4-5,8-11,16,20-21,23H,6-7,12-15H2,1-3H3,(H,31,38)(H,32,35)(H,36,37)/b5-4-/t20-,21-,23-/m0/s1. The predicted molar refractivity (Wildman–Crippen MR) is 152 cm³/mol. The number of hydrogen-bond acceptors (Lipinski definition) is 8. The quantitative estimate of drug-likeness (QED) is 0.442. The zero-order valence-electron chi connectivity index (χ0n) is 23.6. The first-order valence-electron chi connectivity index (χ1n) is 13.5. The molecule has 3 atom stereocenters. The maximum absolute atomic E-state index is 14.6. The van der Waals surface area contributed by atoms with Gasteiger partial charge in [0.1, 0.15) is 23.8 Å². The van der Waals surface area contributed by atoms with Gasteiger partial charge < -0.3 is 34.9 Å². The van der Waals surface area contributed by atoms with Crippen LogP contribution in [0.1, 0.15) is 43.3 Å². The molecule has 1 aromatic heterocycles. The third-order valence-electron chi connectivity index (χ3n) is 6.49. The molecule has 0 saturated carbocycles. The highest BCUT2D eigenvalue weighted by atomic mass is 32.1. The van der Waals surface area contributed by atoms with Crippen LogP contribution < -0.4 is 15.4 Å². The summed E-state index contributed by atoms with van der Waals surface area (Å²) in [7, 11) is 0. The topological polar surface area (TPSA) is 144 Å². The van der Waals surface area contributed by atoms with Crippen molar-refractivity contribution in [1.82, 2.24) is 15.5 Å². The molecule has 3 N–H and O–H groups in total. The lowest BCUT2D eigenvalue weighted by Crippen LogP contribution is -2.43. The Morgan fingerprint density at radius 3 is 2.67 bits per heavy atom. The molecule has 2 aromatic rings. The molecule has 4 rings (SSSR count). The van der Waals surface area contributed by atoms with Gasteiger partial charge in [-0.1, -0.05) is 12.2 Å². The van der Waals surface area contributed by atoms with Crippen molar-refractivity contribution < 1.29 is 42.9 Å². The van der Waals surface area contributed by atoms with Crippen molar-refractivity contribution in [2.45, 2.75) is 57.3 Å². The summed E-state index contributed by atoms with van der Waals surface area (Å²) in [6.45, 7) is 5.32. The van der Waals surface area contributed by atoms with Crippen molar-refractivity contribution in [1.29, 1.82) is 0 Å². The Morgan fingerprint density at radius 2 is 1.93 bits per heavy atom. The Balaban J connectivity index is 1.58. The fraction of sp³-hybridized carbons (Fsp3) is 0.448. The largest absolute Gasteiger partial charge is 0.491 e. The fourth-order valence-electron chi connectivity index (χ4n) is 4.60. The van der Waals surface area contributed by atoms with E-state index < -0.39 is 41.5 Å². The number of thiophene rings is 1. The molecule has 11 nitrogen and oxygen atoms in total. The van der Waals surface area contributed by atoms with E-state index in [1.807, 2.05) is 0 Å². The predicted octanol–water partition coefficient (Wildman–Crippen LogP) is 3.59. The van der Waals surface area contributed by atoms with Crippen molar-refractivity contribution in [3.8, 4) is 16.9 Å². The molecule has 0 radical (unpaired) electrons. The van der Waals surface area contributed by atoms with Gasteiger partial charge in [-0.2, -0.15) is 0 Å². The number of amides is 3. The van der Waals surface area contributed by atoms with Gasteiger partial charge in [-0.05, 0) is 61.9 Å². The van der Waals surface area contributed by atoms with E-state index in [-0.39, 0.29) is 55.4 Å². The molecule has 13 heteroatoms. The normalized spacial score (nSPS) is 22.8. The molecule has 4 bridgehead atoms. The van der Waals surface area contributed by atoms with Gasteiger partial charge in [0.2, 0.25) is 5.91 Å². The molecule has 0 aliphatic carbocycles. The van der Waals surface area contributed by atoms with Gasteiger partial charge >= 0.3 is 12.1 Å². The van der Waals surface area contributed by atoms with Crippen molar-refractivity contribution in [3.63, 3.8) is 0 Å². The Hall–Kier alpha value is -3.97. The van der Waals surface area contributed by atoms with E-state index in [2.05, 4.69) is 10.6 Å². The van der Waals surface area contributed by atoms with Gasteiger partial charge in [0, 0.05) is 19.0 Å². The summed E-state index contributed by atoms with van der Waals surface area (Å²) >= 11 is 1.09. The summed E-state index contributed by atoms with van der Waals surface area (Å²) in [5.74, 6) is -2.40. The number of carbonyl (C=O) groups is 4. The van der Waals surface area contributed by atoms with Gasteiger partial charge in [-0.15, -0.1) is 11.3 Å². The molecule has 3 amide bonds. The number of ether oxygens (including phenoxy) is 3. The van der Waals surface area contributed by atoms with E-state index in [1.165, 1.54) is 12.1 Å². The van der Waals surface area contributed by atoms with Crippen LogP contribution in [0.25, 0.3) is 11.1 Å². The fourth-order valence-corrected chi connectivity index (χ4v) is 5.42. The van der Waals surface area contributed by atoms with E-state index in [0.717, 1.165) is 11.3 Å². The number of nitrogens with zero attached hydrogens (tertiary/aromatic N) is 1. The van der Waals surface area contributed by atoms with Crippen LogP contribution in [0.15, 0.2) is 41.8 Å². The number of rotatable bonds is 2. The molecule has 1 saturated heterocycles. The number of carboxylic acids is 1. The second kappa shape index (κ2) is 13.3. The smallest absolute Gasteiger partial charge is 0.407 e. The number of aliphatic carboxylic acids is 1. The molecular weight excluding hydrogens is 569 g/mol. The zero-order valence-corrected chi connectivity index (χ0v) is 24.4. The van der Waals surface area contributed by atoms with Gasteiger partial charge in [0.05, 0.1) is 30.2 Å². The second-order valence-electron chi connectivity index (χ2n) is 11.0. The number of alkyl carbamates (subject to hydrolysis) is 1. The molecule has 0 unspecified atom stereocenters. The molecule has 0 spiro atoms. The van der Waals surface area contributed by atoms with Crippen molar-refractivity contribution in [3.05, 3.63) is 52.5 Å². The van der Waals surface area contributed by atoms with Crippen LogP contribution in [-0.2, 0) is 19.1 Å². The SMILES string of the molecule is CC(C)(C)OC(=O)N[C@H]1C[C@H]2COc3cc(F)cc(c3)-c3csc(c3)C(=O)N[C@H](C(=O)O)COC/C=C\CC(=O)N2C1. The first-order valence-corrected chi connectivity index (χ1v) is 14.3. The van der Waals surface area contributed by atoms with Gasteiger partial charge in [-0.25, -0.2) is 14.0 Å². The Kier molecular flexibility index (Phi) is 9.84. The number of hydrogen-bond donors (Lipinski definition) is 3. The summed E-state index contributed by atoms with van der Waals surface area (Å²) in [6, 6.07) is 3.62. The third kappa shape index (κ3) is 8.52. The third-order valence-corrected chi connectivity index (χ3v) is 7.42. The molecule has 1 aromatic carbocycles. The maximum atomic E-state index is 14.6. The number of fused-ring (bicyclic) bond motifs is 6. The minimum absolute atomic E-state index is 0.0295. The zero-order chi connectivity index (χ0) is 30.4. The number of carboxylic acid groups (broad SMARTS) is 1. The minimum Gasteiger partial charge on any atom is -0.491 e. The average molecular weight is 604 g/mol. The summed E-state index contributed by atoms with van der Waals surface area (Å²) < 4.78 is 31.3. The van der Waals surface area contributed by atoms with Crippen LogP contribution in [-0.4, -0.2) is 84.0 Å². The molecule has 42 heavy (non-hydrogen) atoms. The molecule has 2 aliphatic rings. The highest BCUT2D eigenvalue weighted by Crippen LogP contribution is 2.30. The number of halogens is 1. The lowest BCUT2D eigenvalue weighted by molar-refractivity contribution is -0.140. The Bertz CT molecular complexity index is 1350. The lowest BCUT2D eigenvalue weighted by atomic mass is 10.1. The van der Waals surface area contributed by atoms with E-state index >= 15 is 0 Å². The van der Waals surface area contributed by atoms with E-state index in [4.69, 9.17) is 14.2 Å². The molecular formula is C29H34FN3O8S. The van der Waals surface area contributed by atoms with Gasteiger partial charge in [0.25, 0.3) is 5.91 Å². The average Bonchev–Trinajstić information content (AvgIpc) is 3.54. The molecule has 2 aliphatic heterocycles. The highest BCUT2D eigenvalue weighted by molar-refractivity contribution is 7.12. The summed E-state index contributed by atoms with van der Waals surface area (Å²) in [6.07, 6.45) is 3.04. The van der Waals surface area contributed by atoms with E-state index in [1.54, 1.807) is 55.3 Å². The van der Waals surface area contributed by atoms with Crippen molar-refractivity contribution in [2.24, 2.45) is 0 Å². The van der Waals surface area contributed by atoms with Gasteiger partial charge in [0.15, 0.2) is 6.04 Å². The van der Waals surface area contributed by atoms with Crippen LogP contribution in [0.5, 0.6) is 5.75 Å². The summed E-state index contributed by atoms with van der Waals surface area (Å²) in [5.41, 5.74) is 0.331. The van der Waals surface area contributed by atoms with Crippen LogP contribution in [0, 0.1) is 5.82 Å². The van der Waals surface area contributed by atoms with Crippen LogP contribution >= 0.6 is 11.3 Å². The van der Waals surface area contributed by atoms with Crippen molar-refractivity contribution >= 4 is 35.2 Å². The Morgan fingerprint density at radius 1 is 1.14 bits per heavy atom. The Labute approximate surface area is 246 Å². The monoisotopic (exact) mass is 603 g/mol. The maximum Gasteiger partial charge on any atom is 0.407 e. The number of benzene rings is 1. The summed E-state index contributed by atoms with van der Waals surface area (Å²) in [4.78, 5) is 51.8. The van der Waals surface area contributed by atoms with Crippen LogP contribution in [0.4, 0.5) is 9.18 Å². The van der Waals surface area contributed by atoms with E-state index in [9.17, 15) is 28.7 Å². The van der Waals surface area contributed by atoms with Crippen LogP contribution in [0.3, 0.4) is 0 Å². The molecule has 1 fully saturated rings. The van der Waals surface area contributed by atoms with E-state index in [0.29, 0.717) is 17.5 Å². The first-order chi connectivity index (χ1) is 19.9. The minimum atomic E-state index is -1.29. The van der Waals surface area contributed by atoms with Crippen LogP contribution in [0.2, 0.25) is 0 Å². The summed E-state index contributed by atoms with van der Waals surface area (Å²) in [5, 5.41) is 16.4. The van der Waals surface area contributed by atoms with Gasteiger partial charge in [-0.3, -0.25) is 9.59 Å². The lowest BCUT2D eigenvalue weighted by Gasteiger charge is -2.24. The number of carbonyl (C=O) groups excluding carboxylic acids is 3. The van der Waals surface area contributed by atoms with Crippen molar-refractivity contribution in [2.75, 3.05) is 26.4 Å². The molecule has 3 heterocycles. The molecule has 226 valence electrons. The number of nitrogens with one attached hydrogen (secondary N) is 2.